The van der Waals surface area contributed by atoms with E-state index in [0.717, 1.165) is 24.2 Å². The summed E-state index contributed by atoms with van der Waals surface area (Å²) in [6, 6.07) is 13.0. The molecular formula is C17H19ClN2O. The summed E-state index contributed by atoms with van der Waals surface area (Å²) in [7, 11) is 0. The fourth-order valence-corrected chi connectivity index (χ4v) is 2.25. The van der Waals surface area contributed by atoms with Gasteiger partial charge >= 0.3 is 0 Å². The molecule has 0 aliphatic heterocycles. The van der Waals surface area contributed by atoms with Crippen molar-refractivity contribution < 1.29 is 4.79 Å². The quantitative estimate of drug-likeness (QED) is 0.839. The van der Waals surface area contributed by atoms with Crippen molar-refractivity contribution in [1.29, 1.82) is 0 Å². The number of nitrogens with one attached hydrogen (secondary N) is 2. The van der Waals surface area contributed by atoms with Crippen LogP contribution >= 0.6 is 11.6 Å². The molecule has 1 amide bonds. The summed E-state index contributed by atoms with van der Waals surface area (Å²) in [5.41, 5.74) is 3.23. The number of carbonyl (C=O) groups excluding carboxylic acids is 1. The molecule has 2 N–H and O–H groups in total. The summed E-state index contributed by atoms with van der Waals surface area (Å²) >= 11 is 6.12. The van der Waals surface area contributed by atoms with Gasteiger partial charge in [-0.25, -0.2) is 0 Å². The van der Waals surface area contributed by atoms with Crippen LogP contribution in [0.15, 0.2) is 42.5 Å². The van der Waals surface area contributed by atoms with Crippen LogP contribution in [0, 0.1) is 6.92 Å². The molecule has 2 aromatic carbocycles. The Kier molecular flexibility index (Phi) is 5.23. The van der Waals surface area contributed by atoms with E-state index in [4.69, 9.17) is 11.6 Å². The molecule has 2 rings (SSSR count). The van der Waals surface area contributed by atoms with Gasteiger partial charge in [0.05, 0.1) is 10.7 Å². The van der Waals surface area contributed by atoms with Gasteiger partial charge in [0.2, 0.25) is 0 Å². The van der Waals surface area contributed by atoms with E-state index in [1.54, 1.807) is 18.2 Å². The minimum absolute atomic E-state index is 0.159. The zero-order chi connectivity index (χ0) is 15.2. The fraction of sp³-hybridized carbons (Fsp3) is 0.235. The highest BCUT2D eigenvalue weighted by molar-refractivity contribution is 6.34. The Morgan fingerprint density at radius 1 is 1.14 bits per heavy atom. The van der Waals surface area contributed by atoms with Crippen LogP contribution in [-0.4, -0.2) is 12.5 Å². The highest BCUT2D eigenvalue weighted by Gasteiger charge is 2.10. The van der Waals surface area contributed by atoms with Gasteiger partial charge < -0.3 is 10.6 Å². The number of hydrogen-bond acceptors (Lipinski definition) is 2. The van der Waals surface area contributed by atoms with Crippen LogP contribution in [0.25, 0.3) is 0 Å². The smallest absolute Gasteiger partial charge is 0.255 e. The number of amides is 1. The molecule has 0 saturated carbocycles. The zero-order valence-corrected chi connectivity index (χ0v) is 13.0. The van der Waals surface area contributed by atoms with Crippen LogP contribution in [0.4, 0.5) is 11.4 Å². The number of hydrogen-bond donors (Lipinski definition) is 2. The van der Waals surface area contributed by atoms with Gasteiger partial charge in [-0.2, -0.15) is 0 Å². The first-order chi connectivity index (χ1) is 10.1. The highest BCUT2D eigenvalue weighted by Crippen LogP contribution is 2.25. The number of anilines is 2. The average molecular weight is 303 g/mol. The first-order valence-corrected chi connectivity index (χ1v) is 7.40. The minimum Gasteiger partial charge on any atom is -0.385 e. The number of benzene rings is 2. The average Bonchev–Trinajstić information content (AvgIpc) is 2.49. The Bertz CT molecular complexity index is 603. The molecule has 0 bridgehead atoms. The van der Waals surface area contributed by atoms with E-state index < -0.39 is 0 Å². The summed E-state index contributed by atoms with van der Waals surface area (Å²) in [6.07, 6.45) is 1.06. The van der Waals surface area contributed by atoms with Crippen LogP contribution in [0.3, 0.4) is 0 Å². The maximum Gasteiger partial charge on any atom is 0.255 e. The Morgan fingerprint density at radius 3 is 2.48 bits per heavy atom. The van der Waals surface area contributed by atoms with Crippen molar-refractivity contribution in [2.45, 2.75) is 20.3 Å². The van der Waals surface area contributed by atoms with Crippen LogP contribution in [0.1, 0.15) is 29.3 Å². The van der Waals surface area contributed by atoms with Crippen molar-refractivity contribution in [1.82, 2.24) is 0 Å². The molecule has 0 aliphatic carbocycles. The Labute approximate surface area is 130 Å². The molecule has 0 radical (unpaired) electrons. The summed E-state index contributed by atoms with van der Waals surface area (Å²) in [4.78, 5) is 12.3. The molecule has 0 spiro atoms. The monoisotopic (exact) mass is 302 g/mol. The van der Waals surface area contributed by atoms with Crippen LogP contribution in [0.2, 0.25) is 5.02 Å². The summed E-state index contributed by atoms with van der Waals surface area (Å²) < 4.78 is 0. The standard InChI is InChI=1S/C17H19ClN2O/c1-3-11-19-14-9-7-13(8-10-14)17(21)20-16-12(2)5-4-6-15(16)18/h4-10,19H,3,11H2,1-2H3,(H,20,21). The molecule has 0 aromatic heterocycles. The molecule has 110 valence electrons. The SMILES string of the molecule is CCCNc1ccc(C(=O)Nc2c(C)cccc2Cl)cc1. The third kappa shape index (κ3) is 3.99. The van der Waals surface area contributed by atoms with Crippen molar-refractivity contribution in [3.05, 3.63) is 58.6 Å². The van der Waals surface area contributed by atoms with Crippen LogP contribution in [0.5, 0.6) is 0 Å². The third-order valence-corrected chi connectivity index (χ3v) is 3.50. The molecule has 0 atom stereocenters. The highest BCUT2D eigenvalue weighted by atomic mass is 35.5. The van der Waals surface area contributed by atoms with Gasteiger partial charge in [0.25, 0.3) is 5.91 Å². The van der Waals surface area contributed by atoms with Gasteiger partial charge in [0.1, 0.15) is 0 Å². The Hall–Kier alpha value is -2.00. The lowest BCUT2D eigenvalue weighted by Gasteiger charge is -2.11. The van der Waals surface area contributed by atoms with Crippen molar-refractivity contribution in [3.8, 4) is 0 Å². The van der Waals surface area contributed by atoms with Crippen molar-refractivity contribution in [3.63, 3.8) is 0 Å². The number of para-hydroxylation sites is 1. The number of rotatable bonds is 5. The van der Waals surface area contributed by atoms with Gasteiger partial charge in [0.15, 0.2) is 0 Å². The van der Waals surface area contributed by atoms with Gasteiger partial charge in [-0.1, -0.05) is 30.7 Å². The minimum atomic E-state index is -0.159. The topological polar surface area (TPSA) is 41.1 Å². The Balaban J connectivity index is 2.10. The van der Waals surface area contributed by atoms with E-state index >= 15 is 0 Å². The maximum absolute atomic E-state index is 12.3. The molecule has 0 aliphatic rings. The zero-order valence-electron chi connectivity index (χ0n) is 12.2. The molecule has 2 aromatic rings. The predicted molar refractivity (Wildman–Crippen MR) is 89.4 cm³/mol. The van der Waals surface area contributed by atoms with Crippen LogP contribution < -0.4 is 10.6 Å². The molecule has 0 saturated heterocycles. The number of aryl methyl sites for hydroxylation is 1. The maximum atomic E-state index is 12.3. The van der Waals surface area contributed by atoms with Crippen molar-refractivity contribution in [2.75, 3.05) is 17.2 Å². The van der Waals surface area contributed by atoms with E-state index in [2.05, 4.69) is 17.6 Å². The molecule has 3 nitrogen and oxygen atoms in total. The number of halogens is 1. The molecule has 21 heavy (non-hydrogen) atoms. The summed E-state index contributed by atoms with van der Waals surface area (Å²) in [5.74, 6) is -0.159. The van der Waals surface area contributed by atoms with E-state index in [-0.39, 0.29) is 5.91 Å². The summed E-state index contributed by atoms with van der Waals surface area (Å²) in [6.45, 7) is 4.95. The van der Waals surface area contributed by atoms with Crippen LogP contribution in [-0.2, 0) is 0 Å². The van der Waals surface area contributed by atoms with E-state index in [9.17, 15) is 4.79 Å². The third-order valence-electron chi connectivity index (χ3n) is 3.19. The first kappa shape index (κ1) is 15.4. The lowest BCUT2D eigenvalue weighted by Crippen LogP contribution is -2.13. The molecule has 0 heterocycles. The number of carbonyl (C=O) groups is 1. The van der Waals surface area contributed by atoms with Gasteiger partial charge in [0, 0.05) is 17.8 Å². The fourth-order valence-electron chi connectivity index (χ4n) is 1.98. The van der Waals surface area contributed by atoms with Gasteiger partial charge in [-0.3, -0.25) is 4.79 Å². The van der Waals surface area contributed by atoms with Crippen molar-refractivity contribution >= 4 is 28.9 Å². The molecule has 0 fully saturated rings. The second-order valence-electron chi connectivity index (χ2n) is 4.89. The summed E-state index contributed by atoms with van der Waals surface area (Å²) in [5, 5.41) is 6.69. The lowest BCUT2D eigenvalue weighted by molar-refractivity contribution is 0.102. The normalized spacial score (nSPS) is 10.2. The second-order valence-corrected chi connectivity index (χ2v) is 5.30. The van der Waals surface area contributed by atoms with E-state index in [1.165, 1.54) is 0 Å². The largest absolute Gasteiger partial charge is 0.385 e. The predicted octanol–water partition coefficient (Wildman–Crippen LogP) is 4.72. The van der Waals surface area contributed by atoms with E-state index in [1.807, 2.05) is 31.2 Å². The molecule has 0 unspecified atom stereocenters. The first-order valence-electron chi connectivity index (χ1n) is 7.02. The molecular weight excluding hydrogens is 284 g/mol. The second kappa shape index (κ2) is 7.14. The Morgan fingerprint density at radius 2 is 1.86 bits per heavy atom. The van der Waals surface area contributed by atoms with Gasteiger partial charge in [-0.05, 0) is 49.2 Å². The van der Waals surface area contributed by atoms with E-state index in [0.29, 0.717) is 16.3 Å². The molecule has 4 heteroatoms. The van der Waals surface area contributed by atoms with Crippen molar-refractivity contribution in [2.24, 2.45) is 0 Å². The van der Waals surface area contributed by atoms with Gasteiger partial charge in [-0.15, -0.1) is 0 Å². The lowest BCUT2D eigenvalue weighted by atomic mass is 10.1.